The normalized spacial score (nSPS) is 16.1. The largest absolute Gasteiger partial charge is 0.495 e. The first kappa shape index (κ1) is 21.1. The average Bonchev–Trinajstić information content (AvgIpc) is 3.19. The topological polar surface area (TPSA) is 64.6 Å². The molecule has 1 unspecified atom stereocenters. The lowest BCUT2D eigenvalue weighted by atomic mass is 9.78. The number of anilines is 1. The van der Waals surface area contributed by atoms with Gasteiger partial charge < -0.3 is 14.8 Å². The Morgan fingerprint density at radius 2 is 1.86 bits per heavy atom. The standard InChI is InChI=1S/C22H23ClFNO4/c1-14(20(26)25-18-13-15(23)9-10-19(18)28-2)29-21(27)22(11-5-6-12-22)16-7-3-4-8-17(16)24/h3-4,7-10,13-14H,5-6,11-12H2,1-2H3,(H,25,26). The number of ether oxygens (including phenoxy) is 2. The van der Waals surface area contributed by atoms with Gasteiger partial charge in [0.15, 0.2) is 6.10 Å². The van der Waals surface area contributed by atoms with E-state index in [0.29, 0.717) is 34.9 Å². The van der Waals surface area contributed by atoms with Crippen molar-refractivity contribution < 1.29 is 23.5 Å². The van der Waals surface area contributed by atoms with Crippen LogP contribution in [0.3, 0.4) is 0 Å². The minimum Gasteiger partial charge on any atom is -0.495 e. The van der Waals surface area contributed by atoms with E-state index in [0.717, 1.165) is 12.8 Å². The van der Waals surface area contributed by atoms with Crippen LogP contribution in [0.5, 0.6) is 5.75 Å². The van der Waals surface area contributed by atoms with Crippen molar-refractivity contribution in [3.05, 3.63) is 58.9 Å². The van der Waals surface area contributed by atoms with E-state index in [1.54, 1.807) is 36.4 Å². The molecule has 2 aromatic rings. The zero-order chi connectivity index (χ0) is 21.0. The van der Waals surface area contributed by atoms with Gasteiger partial charge >= 0.3 is 5.97 Å². The second kappa shape index (κ2) is 8.82. The molecule has 1 aliphatic rings. The highest BCUT2D eigenvalue weighted by Crippen LogP contribution is 2.43. The first-order valence-electron chi connectivity index (χ1n) is 9.48. The second-order valence-electron chi connectivity index (χ2n) is 7.15. The lowest BCUT2D eigenvalue weighted by Gasteiger charge is -2.29. The highest BCUT2D eigenvalue weighted by Gasteiger charge is 2.46. The molecule has 0 spiro atoms. The second-order valence-corrected chi connectivity index (χ2v) is 7.59. The van der Waals surface area contributed by atoms with Crippen molar-refractivity contribution in [3.8, 4) is 5.75 Å². The first-order chi connectivity index (χ1) is 13.9. The molecular formula is C22H23ClFNO4. The molecule has 154 valence electrons. The van der Waals surface area contributed by atoms with Gasteiger partial charge in [-0.1, -0.05) is 42.6 Å². The summed E-state index contributed by atoms with van der Waals surface area (Å²) >= 11 is 5.98. The van der Waals surface area contributed by atoms with Crippen molar-refractivity contribution in [2.24, 2.45) is 0 Å². The van der Waals surface area contributed by atoms with Crippen molar-refractivity contribution in [2.75, 3.05) is 12.4 Å². The van der Waals surface area contributed by atoms with Crippen LogP contribution in [0.25, 0.3) is 0 Å². The van der Waals surface area contributed by atoms with E-state index in [4.69, 9.17) is 21.1 Å². The number of rotatable bonds is 6. The molecule has 1 N–H and O–H groups in total. The fourth-order valence-corrected chi connectivity index (χ4v) is 3.92. The Labute approximate surface area is 174 Å². The minimum atomic E-state index is -1.07. The first-order valence-corrected chi connectivity index (χ1v) is 9.85. The number of methoxy groups -OCH3 is 1. The molecule has 5 nitrogen and oxygen atoms in total. The molecule has 0 saturated heterocycles. The number of benzene rings is 2. The quantitative estimate of drug-likeness (QED) is 0.678. The molecule has 2 aromatic carbocycles. The van der Waals surface area contributed by atoms with E-state index in [2.05, 4.69) is 5.32 Å². The van der Waals surface area contributed by atoms with Crippen LogP contribution in [-0.4, -0.2) is 25.1 Å². The predicted molar refractivity (Wildman–Crippen MR) is 109 cm³/mol. The third-order valence-corrected chi connectivity index (χ3v) is 5.54. The van der Waals surface area contributed by atoms with Crippen molar-refractivity contribution in [1.29, 1.82) is 0 Å². The van der Waals surface area contributed by atoms with Gasteiger partial charge in [0.1, 0.15) is 11.6 Å². The molecule has 1 amide bonds. The predicted octanol–water partition coefficient (Wildman–Crippen LogP) is 4.87. The van der Waals surface area contributed by atoms with Crippen LogP contribution < -0.4 is 10.1 Å². The Bertz CT molecular complexity index is 911. The molecule has 0 bridgehead atoms. The molecule has 7 heteroatoms. The number of carbonyl (C=O) groups is 2. The smallest absolute Gasteiger partial charge is 0.317 e. The molecule has 0 heterocycles. The summed E-state index contributed by atoms with van der Waals surface area (Å²) in [5.74, 6) is -1.12. The van der Waals surface area contributed by atoms with Gasteiger partial charge in [-0.25, -0.2) is 4.39 Å². The summed E-state index contributed by atoms with van der Waals surface area (Å²) in [5.41, 5.74) is -0.364. The number of halogens is 2. The van der Waals surface area contributed by atoms with Crippen molar-refractivity contribution in [1.82, 2.24) is 0 Å². The summed E-state index contributed by atoms with van der Waals surface area (Å²) < 4.78 is 25.1. The Morgan fingerprint density at radius 1 is 1.17 bits per heavy atom. The van der Waals surface area contributed by atoms with Gasteiger partial charge in [0.2, 0.25) is 0 Å². The fourth-order valence-electron chi connectivity index (χ4n) is 3.75. The Hall–Kier alpha value is -2.60. The van der Waals surface area contributed by atoms with E-state index in [9.17, 15) is 14.0 Å². The summed E-state index contributed by atoms with van der Waals surface area (Å²) in [6.07, 6.45) is 1.50. The van der Waals surface area contributed by atoms with E-state index in [1.807, 2.05) is 0 Å². The Kier molecular flexibility index (Phi) is 6.42. The van der Waals surface area contributed by atoms with Gasteiger partial charge in [-0.05, 0) is 44.0 Å². The van der Waals surface area contributed by atoms with Crippen LogP contribution >= 0.6 is 11.6 Å². The van der Waals surface area contributed by atoms with Gasteiger partial charge in [0, 0.05) is 10.6 Å². The van der Waals surface area contributed by atoms with Crippen molar-refractivity contribution in [3.63, 3.8) is 0 Å². The maximum Gasteiger partial charge on any atom is 0.317 e. The zero-order valence-electron chi connectivity index (χ0n) is 16.3. The molecule has 0 aliphatic heterocycles. The highest BCUT2D eigenvalue weighted by atomic mass is 35.5. The lowest BCUT2D eigenvalue weighted by Crippen LogP contribution is -2.40. The maximum absolute atomic E-state index is 14.4. The monoisotopic (exact) mass is 419 g/mol. The van der Waals surface area contributed by atoms with E-state index in [1.165, 1.54) is 20.1 Å². The average molecular weight is 420 g/mol. The summed E-state index contributed by atoms with van der Waals surface area (Å²) in [6, 6.07) is 11.0. The Balaban J connectivity index is 1.76. The SMILES string of the molecule is COc1ccc(Cl)cc1NC(=O)C(C)OC(=O)C1(c2ccccc2F)CCCC1. The van der Waals surface area contributed by atoms with Gasteiger partial charge in [-0.3, -0.25) is 9.59 Å². The summed E-state index contributed by atoms with van der Waals surface area (Å²) in [7, 11) is 1.47. The van der Waals surface area contributed by atoms with E-state index < -0.39 is 29.2 Å². The number of nitrogens with one attached hydrogen (secondary N) is 1. The van der Waals surface area contributed by atoms with Gasteiger partial charge in [0.05, 0.1) is 18.2 Å². The van der Waals surface area contributed by atoms with Gasteiger partial charge in [-0.15, -0.1) is 0 Å². The van der Waals surface area contributed by atoms with Gasteiger partial charge in [0.25, 0.3) is 5.91 Å². The van der Waals surface area contributed by atoms with Crippen LogP contribution in [0.4, 0.5) is 10.1 Å². The number of esters is 1. The molecule has 1 aliphatic carbocycles. The van der Waals surface area contributed by atoms with Crippen LogP contribution in [0.1, 0.15) is 38.2 Å². The summed E-state index contributed by atoms with van der Waals surface area (Å²) in [5, 5.41) is 3.09. The van der Waals surface area contributed by atoms with Crippen LogP contribution in [-0.2, 0) is 19.7 Å². The van der Waals surface area contributed by atoms with Gasteiger partial charge in [-0.2, -0.15) is 0 Å². The van der Waals surface area contributed by atoms with Crippen molar-refractivity contribution in [2.45, 2.75) is 44.1 Å². The fraction of sp³-hybridized carbons (Fsp3) is 0.364. The minimum absolute atomic E-state index is 0.326. The number of hydrogen-bond acceptors (Lipinski definition) is 4. The number of carbonyl (C=O) groups excluding carboxylic acids is 2. The summed E-state index contributed by atoms with van der Waals surface area (Å²) in [4.78, 5) is 25.6. The molecular weight excluding hydrogens is 397 g/mol. The third kappa shape index (κ3) is 4.37. The maximum atomic E-state index is 14.4. The molecule has 0 radical (unpaired) electrons. The molecule has 0 aromatic heterocycles. The van der Waals surface area contributed by atoms with Crippen LogP contribution in [0.15, 0.2) is 42.5 Å². The number of amides is 1. The Morgan fingerprint density at radius 3 is 2.52 bits per heavy atom. The van der Waals surface area contributed by atoms with Crippen molar-refractivity contribution >= 4 is 29.2 Å². The zero-order valence-corrected chi connectivity index (χ0v) is 17.1. The van der Waals surface area contributed by atoms with E-state index in [-0.39, 0.29) is 0 Å². The molecule has 3 rings (SSSR count). The van der Waals surface area contributed by atoms with E-state index >= 15 is 0 Å². The molecule has 29 heavy (non-hydrogen) atoms. The molecule has 1 saturated carbocycles. The van der Waals surface area contributed by atoms with Crippen LogP contribution in [0.2, 0.25) is 5.02 Å². The number of hydrogen-bond donors (Lipinski definition) is 1. The highest BCUT2D eigenvalue weighted by molar-refractivity contribution is 6.31. The molecule has 1 atom stereocenters. The molecule has 1 fully saturated rings. The third-order valence-electron chi connectivity index (χ3n) is 5.31. The van der Waals surface area contributed by atoms with Crippen LogP contribution in [0, 0.1) is 5.82 Å². The summed E-state index contributed by atoms with van der Waals surface area (Å²) in [6.45, 7) is 1.48. The lowest BCUT2D eigenvalue weighted by molar-refractivity contribution is -0.159.